The Labute approximate surface area is 156 Å². The molecule has 0 fully saturated rings. The van der Waals surface area contributed by atoms with E-state index in [1.807, 2.05) is 37.3 Å². The van der Waals surface area contributed by atoms with Crippen LogP contribution in [0.3, 0.4) is 0 Å². The molecule has 23 heavy (non-hydrogen) atoms. The number of amides is 1. The molecule has 0 aliphatic carbocycles. The summed E-state index contributed by atoms with van der Waals surface area (Å²) in [5.41, 5.74) is 5.06. The summed E-state index contributed by atoms with van der Waals surface area (Å²) in [5.74, 6) is 0.275. The van der Waals surface area contributed by atoms with Gasteiger partial charge in [0, 0.05) is 11.0 Å². The largest absolute Gasteiger partial charge is 0.483 e. The van der Waals surface area contributed by atoms with Crippen molar-refractivity contribution in [1.82, 2.24) is 16.2 Å². The first kappa shape index (κ1) is 18.0. The highest BCUT2D eigenvalue weighted by atomic mass is 79.9. The average molecular weight is 461 g/mol. The topological polar surface area (TPSA) is 62.4 Å². The van der Waals surface area contributed by atoms with Gasteiger partial charge < -0.3 is 10.1 Å². The molecule has 8 heteroatoms. The zero-order valence-corrected chi connectivity index (χ0v) is 16.3. The maximum atomic E-state index is 11.7. The number of hydrogen-bond donors (Lipinski definition) is 3. The molecule has 0 spiro atoms. The molecule has 1 amide bonds. The molecule has 2 aromatic rings. The third-order valence-electron chi connectivity index (χ3n) is 2.89. The van der Waals surface area contributed by atoms with E-state index in [1.54, 1.807) is 0 Å². The van der Waals surface area contributed by atoms with Crippen LogP contribution in [0, 0.1) is 0 Å². The van der Waals surface area contributed by atoms with Gasteiger partial charge in [-0.3, -0.25) is 15.6 Å². The summed E-state index contributed by atoms with van der Waals surface area (Å²) < 4.78 is 7.37. The maximum absolute atomic E-state index is 11.7. The van der Waals surface area contributed by atoms with Crippen LogP contribution in [0.2, 0.25) is 0 Å². The molecular formula is C15H15Br2N3O2S. The molecule has 0 saturated heterocycles. The van der Waals surface area contributed by atoms with Gasteiger partial charge in [0.15, 0.2) is 11.7 Å². The van der Waals surface area contributed by atoms with Crippen LogP contribution in [-0.2, 0) is 4.79 Å². The number of rotatable bonds is 4. The van der Waals surface area contributed by atoms with Crippen LogP contribution < -0.4 is 20.9 Å². The minimum Gasteiger partial charge on any atom is -0.483 e. The van der Waals surface area contributed by atoms with Crippen LogP contribution in [0.25, 0.3) is 10.8 Å². The van der Waals surface area contributed by atoms with Crippen LogP contribution in [0.15, 0.2) is 39.3 Å². The van der Waals surface area contributed by atoms with Crippen molar-refractivity contribution >= 4 is 65.9 Å². The molecule has 0 radical (unpaired) electrons. The van der Waals surface area contributed by atoms with Gasteiger partial charge in [-0.15, -0.1) is 0 Å². The SMILES string of the molecule is CCNC(=S)NNC(=O)COc1ccc2cc(Br)ccc2c1Br. The van der Waals surface area contributed by atoms with E-state index in [0.717, 1.165) is 19.7 Å². The second-order valence-corrected chi connectivity index (χ2v) is 6.68. The summed E-state index contributed by atoms with van der Waals surface area (Å²) in [4.78, 5) is 11.7. The van der Waals surface area contributed by atoms with Crippen molar-refractivity contribution in [3.63, 3.8) is 0 Å². The fourth-order valence-corrected chi connectivity index (χ4v) is 3.05. The van der Waals surface area contributed by atoms with Gasteiger partial charge in [0.25, 0.3) is 5.91 Å². The van der Waals surface area contributed by atoms with Crippen molar-refractivity contribution in [2.45, 2.75) is 6.92 Å². The van der Waals surface area contributed by atoms with E-state index in [4.69, 9.17) is 17.0 Å². The number of carbonyl (C=O) groups is 1. The Bertz CT molecular complexity index is 740. The highest BCUT2D eigenvalue weighted by molar-refractivity contribution is 9.11. The van der Waals surface area contributed by atoms with Gasteiger partial charge in [0.05, 0.1) is 4.47 Å². The molecule has 0 heterocycles. The molecule has 0 atom stereocenters. The first-order chi connectivity index (χ1) is 11.0. The van der Waals surface area contributed by atoms with Gasteiger partial charge >= 0.3 is 0 Å². The van der Waals surface area contributed by atoms with Gasteiger partial charge in [-0.25, -0.2) is 0 Å². The summed E-state index contributed by atoms with van der Waals surface area (Å²) in [6.07, 6.45) is 0. The summed E-state index contributed by atoms with van der Waals surface area (Å²) in [7, 11) is 0. The first-order valence-electron chi connectivity index (χ1n) is 6.84. The number of hydrogen-bond acceptors (Lipinski definition) is 3. The number of halogens is 2. The van der Waals surface area contributed by atoms with Gasteiger partial charge in [0.1, 0.15) is 5.75 Å². The van der Waals surface area contributed by atoms with E-state index in [2.05, 4.69) is 48.0 Å². The van der Waals surface area contributed by atoms with Gasteiger partial charge in [-0.1, -0.05) is 28.1 Å². The summed E-state index contributed by atoms with van der Waals surface area (Å²) >= 11 is 11.9. The zero-order chi connectivity index (χ0) is 16.8. The zero-order valence-electron chi connectivity index (χ0n) is 12.3. The monoisotopic (exact) mass is 459 g/mol. The third-order valence-corrected chi connectivity index (χ3v) is 4.45. The highest BCUT2D eigenvalue weighted by Gasteiger charge is 2.09. The van der Waals surface area contributed by atoms with E-state index in [9.17, 15) is 4.79 Å². The summed E-state index contributed by atoms with van der Waals surface area (Å²) in [6, 6.07) is 9.71. The predicted molar refractivity (Wildman–Crippen MR) is 102 cm³/mol. The Morgan fingerprint density at radius 2 is 2.00 bits per heavy atom. The smallest absolute Gasteiger partial charge is 0.276 e. The lowest BCUT2D eigenvalue weighted by Gasteiger charge is -2.12. The van der Waals surface area contributed by atoms with Crippen LogP contribution in [0.1, 0.15) is 6.92 Å². The third kappa shape index (κ3) is 5.05. The number of fused-ring (bicyclic) bond motifs is 1. The highest BCUT2D eigenvalue weighted by Crippen LogP contribution is 2.34. The lowest BCUT2D eigenvalue weighted by atomic mass is 10.1. The van der Waals surface area contributed by atoms with Crippen molar-refractivity contribution in [2.75, 3.05) is 13.2 Å². The predicted octanol–water partition coefficient (Wildman–Crippen LogP) is 3.26. The van der Waals surface area contributed by atoms with Gasteiger partial charge in [-0.2, -0.15) is 0 Å². The number of ether oxygens (including phenoxy) is 1. The Balaban J connectivity index is 1.97. The Morgan fingerprint density at radius 1 is 1.22 bits per heavy atom. The normalized spacial score (nSPS) is 10.2. The first-order valence-corrected chi connectivity index (χ1v) is 8.84. The van der Waals surface area contributed by atoms with Crippen molar-refractivity contribution in [2.24, 2.45) is 0 Å². The number of thiocarbonyl (C=S) groups is 1. The van der Waals surface area contributed by atoms with Crippen LogP contribution in [0.4, 0.5) is 0 Å². The van der Waals surface area contributed by atoms with Gasteiger partial charge in [0.2, 0.25) is 0 Å². The van der Waals surface area contributed by atoms with E-state index in [-0.39, 0.29) is 12.5 Å². The molecule has 0 aliphatic heterocycles. The van der Waals surface area contributed by atoms with Crippen molar-refractivity contribution in [3.05, 3.63) is 39.3 Å². The minimum atomic E-state index is -0.326. The molecule has 0 aliphatic rings. The van der Waals surface area contributed by atoms with Crippen LogP contribution in [-0.4, -0.2) is 24.2 Å². The fraction of sp³-hybridized carbons (Fsp3) is 0.200. The molecule has 0 saturated carbocycles. The summed E-state index contributed by atoms with van der Waals surface area (Å²) in [6.45, 7) is 2.47. The summed E-state index contributed by atoms with van der Waals surface area (Å²) in [5, 5.41) is 5.30. The van der Waals surface area contributed by atoms with Crippen LogP contribution in [0.5, 0.6) is 5.75 Å². The number of nitrogens with one attached hydrogen (secondary N) is 3. The molecule has 122 valence electrons. The van der Waals surface area contributed by atoms with Crippen molar-refractivity contribution in [1.29, 1.82) is 0 Å². The average Bonchev–Trinajstić information content (AvgIpc) is 2.52. The molecule has 0 aromatic heterocycles. The Hall–Kier alpha value is -1.38. The quantitative estimate of drug-likeness (QED) is 0.482. The van der Waals surface area contributed by atoms with Gasteiger partial charge in [-0.05, 0) is 64.0 Å². The van der Waals surface area contributed by atoms with E-state index < -0.39 is 0 Å². The van der Waals surface area contributed by atoms with E-state index in [1.165, 1.54) is 0 Å². The molecule has 5 nitrogen and oxygen atoms in total. The fourth-order valence-electron chi connectivity index (χ4n) is 1.86. The lowest BCUT2D eigenvalue weighted by Crippen LogP contribution is -2.48. The second-order valence-electron chi connectivity index (χ2n) is 4.56. The van der Waals surface area contributed by atoms with E-state index >= 15 is 0 Å². The lowest BCUT2D eigenvalue weighted by molar-refractivity contribution is -0.123. The Morgan fingerprint density at radius 3 is 2.74 bits per heavy atom. The minimum absolute atomic E-state index is 0.123. The number of carbonyl (C=O) groups excluding carboxylic acids is 1. The Kier molecular flexibility index (Phi) is 6.61. The maximum Gasteiger partial charge on any atom is 0.276 e. The van der Waals surface area contributed by atoms with Crippen molar-refractivity contribution in [3.8, 4) is 5.75 Å². The molecule has 2 aromatic carbocycles. The molecule has 3 N–H and O–H groups in total. The number of benzene rings is 2. The molecule has 2 rings (SSSR count). The number of hydrazine groups is 1. The van der Waals surface area contributed by atoms with E-state index in [0.29, 0.717) is 17.4 Å². The molecule has 0 bridgehead atoms. The standard InChI is InChI=1S/C15H15Br2N3O2S/c1-2-18-15(23)20-19-13(21)8-22-12-6-3-9-7-10(16)4-5-11(9)14(12)17/h3-7H,2,8H2,1H3,(H,19,21)(H2,18,20,23). The van der Waals surface area contributed by atoms with Crippen molar-refractivity contribution < 1.29 is 9.53 Å². The second kappa shape index (κ2) is 8.47. The van der Waals surface area contributed by atoms with Crippen LogP contribution >= 0.6 is 44.1 Å². The molecular weight excluding hydrogens is 446 g/mol. The molecule has 0 unspecified atom stereocenters.